The quantitative estimate of drug-likeness (QED) is 0.654. The summed E-state index contributed by atoms with van der Waals surface area (Å²) in [6.07, 6.45) is -1.89. The molecular formula is C10H12INO4. The van der Waals surface area contributed by atoms with Gasteiger partial charge in [0.15, 0.2) is 0 Å². The van der Waals surface area contributed by atoms with Gasteiger partial charge in [-0.15, -0.1) is 0 Å². The van der Waals surface area contributed by atoms with Crippen LogP contribution in [0.4, 0.5) is 0 Å². The first-order valence-electron chi connectivity index (χ1n) is 4.87. The van der Waals surface area contributed by atoms with Crippen LogP contribution in [0.2, 0.25) is 0 Å². The molecule has 6 heteroatoms. The molecule has 1 aliphatic rings. The highest BCUT2D eigenvalue weighted by Gasteiger charge is 2.43. The van der Waals surface area contributed by atoms with Gasteiger partial charge in [0.25, 0.3) is 0 Å². The maximum Gasteiger partial charge on any atom is 0.128 e. The highest BCUT2D eigenvalue weighted by atomic mass is 127. The van der Waals surface area contributed by atoms with Crippen molar-refractivity contribution >= 4 is 22.6 Å². The number of aliphatic hydroxyl groups is 3. The van der Waals surface area contributed by atoms with E-state index in [9.17, 15) is 10.2 Å². The van der Waals surface area contributed by atoms with Crippen molar-refractivity contribution < 1.29 is 20.1 Å². The second-order valence-corrected chi connectivity index (χ2v) is 4.91. The van der Waals surface area contributed by atoms with Gasteiger partial charge < -0.3 is 20.1 Å². The van der Waals surface area contributed by atoms with Crippen molar-refractivity contribution in [3.8, 4) is 0 Å². The summed E-state index contributed by atoms with van der Waals surface area (Å²) in [5.41, 5.74) is 0.558. The zero-order valence-corrected chi connectivity index (χ0v) is 10.5. The maximum atomic E-state index is 9.75. The van der Waals surface area contributed by atoms with Crippen molar-refractivity contribution in [2.24, 2.45) is 0 Å². The fourth-order valence-electron chi connectivity index (χ4n) is 1.70. The number of nitrogens with zero attached hydrogens (tertiary/aromatic N) is 1. The summed E-state index contributed by atoms with van der Waals surface area (Å²) in [6, 6.07) is 3.58. The molecule has 2 rings (SSSR count). The molecule has 3 N–H and O–H groups in total. The second kappa shape index (κ2) is 4.92. The molecule has 0 aliphatic carbocycles. The minimum absolute atomic E-state index is 0.320. The van der Waals surface area contributed by atoms with E-state index < -0.39 is 24.4 Å². The summed E-state index contributed by atoms with van der Waals surface area (Å²) in [4.78, 5) is 4.13. The van der Waals surface area contributed by atoms with Gasteiger partial charge in [-0.1, -0.05) is 0 Å². The van der Waals surface area contributed by atoms with Crippen molar-refractivity contribution in [2.45, 2.75) is 24.4 Å². The average Bonchev–Trinajstić information content (AvgIpc) is 2.57. The van der Waals surface area contributed by atoms with Crippen molar-refractivity contribution in [3.63, 3.8) is 0 Å². The molecule has 4 atom stereocenters. The molecule has 1 fully saturated rings. The van der Waals surface area contributed by atoms with Gasteiger partial charge in [0, 0.05) is 9.77 Å². The molecular weight excluding hydrogens is 325 g/mol. The van der Waals surface area contributed by atoms with E-state index in [4.69, 9.17) is 9.84 Å². The van der Waals surface area contributed by atoms with Crippen molar-refractivity contribution in [3.05, 3.63) is 27.6 Å². The van der Waals surface area contributed by atoms with Crippen LogP contribution in [0.15, 0.2) is 18.3 Å². The zero-order valence-electron chi connectivity index (χ0n) is 8.32. The summed E-state index contributed by atoms with van der Waals surface area (Å²) in [6.45, 7) is -0.320. The van der Waals surface area contributed by atoms with Gasteiger partial charge in [0.05, 0.1) is 12.3 Å². The minimum Gasteiger partial charge on any atom is -0.394 e. The Kier molecular flexibility index (Phi) is 3.75. The third-order valence-corrected chi connectivity index (χ3v) is 3.22. The number of aromatic nitrogens is 1. The second-order valence-electron chi connectivity index (χ2n) is 3.66. The smallest absolute Gasteiger partial charge is 0.128 e. The van der Waals surface area contributed by atoms with Gasteiger partial charge in [-0.3, -0.25) is 4.98 Å². The molecule has 1 aromatic rings. The Morgan fingerprint density at radius 3 is 2.56 bits per heavy atom. The lowest BCUT2D eigenvalue weighted by molar-refractivity contribution is -0.0239. The number of hydrogen-bond donors (Lipinski definition) is 3. The fraction of sp³-hybridized carbons (Fsp3) is 0.500. The number of halogens is 1. The van der Waals surface area contributed by atoms with E-state index in [1.807, 2.05) is 6.07 Å². The lowest BCUT2D eigenvalue weighted by atomic mass is 10.1. The molecule has 5 nitrogen and oxygen atoms in total. The van der Waals surface area contributed by atoms with Gasteiger partial charge in [-0.25, -0.2) is 0 Å². The number of ether oxygens (including phenoxy) is 1. The van der Waals surface area contributed by atoms with Gasteiger partial charge in [0.1, 0.15) is 24.4 Å². The van der Waals surface area contributed by atoms with Crippen LogP contribution < -0.4 is 0 Å². The van der Waals surface area contributed by atoms with Gasteiger partial charge in [-0.2, -0.15) is 0 Å². The molecule has 2 heterocycles. The molecule has 0 radical (unpaired) electrons. The molecule has 0 spiro atoms. The van der Waals surface area contributed by atoms with E-state index in [1.54, 1.807) is 12.3 Å². The Balaban J connectivity index is 2.19. The van der Waals surface area contributed by atoms with Crippen molar-refractivity contribution in [1.29, 1.82) is 0 Å². The summed E-state index contributed by atoms with van der Waals surface area (Å²) in [5.74, 6) is 0. The van der Waals surface area contributed by atoms with Gasteiger partial charge in [-0.05, 0) is 34.7 Å². The number of hydrogen-bond acceptors (Lipinski definition) is 5. The third-order valence-electron chi connectivity index (χ3n) is 2.58. The summed E-state index contributed by atoms with van der Waals surface area (Å²) < 4.78 is 6.33. The Bertz CT molecular complexity index is 358. The SMILES string of the molecule is OC[C@H]1OC(c2ccc(I)cn2)[C@H](O)[C@@H]1O. The van der Waals surface area contributed by atoms with Crippen LogP contribution >= 0.6 is 22.6 Å². The monoisotopic (exact) mass is 337 g/mol. The number of pyridine rings is 1. The van der Waals surface area contributed by atoms with Crippen LogP contribution in [-0.2, 0) is 4.74 Å². The standard InChI is InChI=1S/C10H12INO4/c11-5-1-2-6(12-3-5)10-9(15)8(14)7(4-13)16-10/h1-3,7-10,13-15H,4H2/t7-,8-,9-,10?/m1/s1. The van der Waals surface area contributed by atoms with Gasteiger partial charge >= 0.3 is 0 Å². The maximum absolute atomic E-state index is 9.75. The molecule has 1 aliphatic heterocycles. The zero-order chi connectivity index (χ0) is 11.7. The molecule has 0 bridgehead atoms. The molecule has 0 amide bonds. The topological polar surface area (TPSA) is 82.8 Å². The largest absolute Gasteiger partial charge is 0.394 e. The summed E-state index contributed by atoms with van der Waals surface area (Å²) >= 11 is 2.13. The lowest BCUT2D eigenvalue weighted by Gasteiger charge is -2.13. The van der Waals surface area contributed by atoms with Crippen LogP contribution in [0.3, 0.4) is 0 Å². The Hall–Kier alpha value is -0.280. The summed E-state index contributed by atoms with van der Waals surface area (Å²) in [7, 11) is 0. The molecule has 88 valence electrons. The normalized spacial score (nSPS) is 34.2. The van der Waals surface area contributed by atoms with E-state index >= 15 is 0 Å². The Morgan fingerprint density at radius 1 is 1.31 bits per heavy atom. The predicted octanol–water partition coefficient (Wildman–Crippen LogP) is -0.160. The number of aliphatic hydroxyl groups excluding tert-OH is 3. The highest BCUT2D eigenvalue weighted by molar-refractivity contribution is 14.1. The van der Waals surface area contributed by atoms with Crippen LogP contribution in [0.5, 0.6) is 0 Å². The first kappa shape index (κ1) is 12.2. The summed E-state index contributed by atoms with van der Waals surface area (Å²) in [5, 5.41) is 28.3. The van der Waals surface area contributed by atoms with E-state index in [0.717, 1.165) is 3.57 Å². The molecule has 1 saturated heterocycles. The van der Waals surface area contributed by atoms with Gasteiger partial charge in [0.2, 0.25) is 0 Å². The van der Waals surface area contributed by atoms with Crippen LogP contribution in [-0.4, -0.2) is 45.2 Å². The molecule has 1 aromatic heterocycles. The third kappa shape index (κ3) is 2.21. The van der Waals surface area contributed by atoms with Crippen LogP contribution in [0.25, 0.3) is 0 Å². The minimum atomic E-state index is -1.07. The van der Waals surface area contributed by atoms with E-state index in [2.05, 4.69) is 27.6 Å². The van der Waals surface area contributed by atoms with Crippen LogP contribution in [0.1, 0.15) is 11.8 Å². The predicted molar refractivity (Wildman–Crippen MR) is 63.7 cm³/mol. The fourth-order valence-corrected chi connectivity index (χ4v) is 2.02. The lowest BCUT2D eigenvalue weighted by Crippen LogP contribution is -2.32. The molecule has 0 saturated carbocycles. The molecule has 1 unspecified atom stereocenters. The van der Waals surface area contributed by atoms with E-state index in [1.165, 1.54) is 0 Å². The molecule has 16 heavy (non-hydrogen) atoms. The Labute approximate surface area is 106 Å². The van der Waals surface area contributed by atoms with Crippen LogP contribution in [0, 0.1) is 3.57 Å². The number of rotatable bonds is 2. The first-order chi connectivity index (χ1) is 7.63. The Morgan fingerprint density at radius 2 is 2.06 bits per heavy atom. The average molecular weight is 337 g/mol. The van der Waals surface area contributed by atoms with Crippen molar-refractivity contribution in [1.82, 2.24) is 4.98 Å². The van der Waals surface area contributed by atoms with Crippen molar-refractivity contribution in [2.75, 3.05) is 6.61 Å². The highest BCUT2D eigenvalue weighted by Crippen LogP contribution is 2.32. The molecule has 0 aromatic carbocycles. The van der Waals surface area contributed by atoms with E-state index in [-0.39, 0.29) is 6.61 Å². The van der Waals surface area contributed by atoms with E-state index in [0.29, 0.717) is 5.69 Å². The first-order valence-corrected chi connectivity index (χ1v) is 5.95.